The van der Waals surface area contributed by atoms with Gasteiger partial charge in [-0.3, -0.25) is 9.69 Å². The van der Waals surface area contributed by atoms with Crippen molar-refractivity contribution in [1.29, 1.82) is 0 Å². The number of pyridine rings is 1. The number of fused-ring (bicyclic) bond motifs is 1. The van der Waals surface area contributed by atoms with Crippen LogP contribution in [0.3, 0.4) is 0 Å². The highest BCUT2D eigenvalue weighted by atomic mass is 79.9. The van der Waals surface area contributed by atoms with Crippen molar-refractivity contribution in [2.24, 2.45) is 0 Å². The first-order chi connectivity index (χ1) is 9.66. The second-order valence-electron chi connectivity index (χ2n) is 4.34. The van der Waals surface area contributed by atoms with Gasteiger partial charge in [0.25, 0.3) is 5.91 Å². The molecule has 0 saturated carbocycles. The van der Waals surface area contributed by atoms with Crippen LogP contribution in [0.5, 0.6) is 0 Å². The molecule has 0 unspecified atom stereocenters. The molecule has 3 rings (SSSR count). The molecular weight excluding hydrogens is 320 g/mol. The van der Waals surface area contributed by atoms with Gasteiger partial charge in [-0.1, -0.05) is 34.1 Å². The van der Waals surface area contributed by atoms with Crippen molar-refractivity contribution in [3.05, 3.63) is 58.9 Å². The maximum atomic E-state index is 12.5. The quantitative estimate of drug-likeness (QED) is 0.716. The highest BCUT2D eigenvalue weighted by Gasteiger charge is 2.19. The number of hydrogen-bond donors (Lipinski definition) is 0. The number of aromatic nitrogens is 1. The number of halogens is 1. The molecule has 0 aliphatic rings. The Morgan fingerprint density at radius 2 is 2.10 bits per heavy atom. The summed E-state index contributed by atoms with van der Waals surface area (Å²) in [5.74, 6) is 0.426. The van der Waals surface area contributed by atoms with E-state index in [2.05, 4.69) is 20.9 Å². The largest absolute Gasteiger partial charge is 0.463 e. The van der Waals surface area contributed by atoms with Crippen LogP contribution in [0.1, 0.15) is 10.4 Å². The van der Waals surface area contributed by atoms with Gasteiger partial charge in [0.2, 0.25) is 0 Å². The Hall–Kier alpha value is -2.14. The van der Waals surface area contributed by atoms with E-state index in [1.165, 1.54) is 11.2 Å². The average molecular weight is 331 g/mol. The smallest absolute Gasteiger partial charge is 0.263 e. The van der Waals surface area contributed by atoms with Crippen molar-refractivity contribution >= 4 is 38.6 Å². The average Bonchev–Trinajstić information content (AvgIpc) is 2.89. The molecule has 0 atom stereocenters. The van der Waals surface area contributed by atoms with Crippen molar-refractivity contribution in [1.82, 2.24) is 4.98 Å². The molecule has 1 aromatic carbocycles. The Bertz CT molecular complexity index is 782. The first-order valence-electron chi connectivity index (χ1n) is 6.02. The molecule has 20 heavy (non-hydrogen) atoms. The van der Waals surface area contributed by atoms with Crippen molar-refractivity contribution in [3.63, 3.8) is 0 Å². The van der Waals surface area contributed by atoms with Crippen LogP contribution in [0.25, 0.3) is 11.0 Å². The van der Waals surface area contributed by atoms with Crippen LogP contribution in [0, 0.1) is 0 Å². The summed E-state index contributed by atoms with van der Waals surface area (Å²) in [5.41, 5.74) is 1.23. The van der Waals surface area contributed by atoms with Gasteiger partial charge in [0.1, 0.15) is 17.7 Å². The zero-order valence-electron chi connectivity index (χ0n) is 10.7. The van der Waals surface area contributed by atoms with Crippen molar-refractivity contribution < 1.29 is 9.21 Å². The topological polar surface area (TPSA) is 46.3 Å². The molecule has 0 fully saturated rings. The van der Waals surface area contributed by atoms with Gasteiger partial charge in [-0.25, -0.2) is 4.98 Å². The number of benzene rings is 1. The highest BCUT2D eigenvalue weighted by molar-refractivity contribution is 9.10. The Kier molecular flexibility index (Phi) is 3.28. The minimum absolute atomic E-state index is 0.152. The van der Waals surface area contributed by atoms with Crippen molar-refractivity contribution in [2.45, 2.75) is 0 Å². The third kappa shape index (κ3) is 2.20. The van der Waals surface area contributed by atoms with Crippen LogP contribution in [0.4, 0.5) is 5.82 Å². The SMILES string of the molecule is CN(C(=O)c1coc2ccccc12)c1cc(Br)ccn1. The molecule has 0 bridgehead atoms. The maximum Gasteiger partial charge on any atom is 0.263 e. The van der Waals surface area contributed by atoms with E-state index >= 15 is 0 Å². The second-order valence-corrected chi connectivity index (χ2v) is 5.26. The number of furan rings is 1. The molecule has 100 valence electrons. The Labute approximate surface area is 124 Å². The lowest BCUT2D eigenvalue weighted by Gasteiger charge is -2.15. The molecule has 0 aliphatic heterocycles. The standard InChI is InChI=1S/C15H11BrN2O2/c1-18(14-8-10(16)6-7-17-14)15(19)12-9-20-13-5-3-2-4-11(12)13/h2-9H,1H3. The van der Waals surface area contributed by atoms with Gasteiger partial charge in [0.15, 0.2) is 0 Å². The number of carbonyl (C=O) groups is 1. The third-order valence-corrected chi connectivity index (χ3v) is 3.56. The molecule has 0 spiro atoms. The van der Waals surface area contributed by atoms with E-state index in [0.717, 1.165) is 9.86 Å². The minimum Gasteiger partial charge on any atom is -0.463 e. The van der Waals surface area contributed by atoms with Crippen molar-refractivity contribution in [2.75, 3.05) is 11.9 Å². The fraction of sp³-hybridized carbons (Fsp3) is 0.0667. The molecule has 1 amide bonds. The minimum atomic E-state index is -0.152. The number of para-hydroxylation sites is 1. The zero-order chi connectivity index (χ0) is 14.1. The fourth-order valence-corrected chi connectivity index (χ4v) is 2.33. The van der Waals surface area contributed by atoms with Crippen LogP contribution in [0.2, 0.25) is 0 Å². The van der Waals surface area contributed by atoms with Crippen LogP contribution in [-0.2, 0) is 0 Å². The Balaban J connectivity index is 2.00. The monoisotopic (exact) mass is 330 g/mol. The summed E-state index contributed by atoms with van der Waals surface area (Å²) in [6.07, 6.45) is 3.14. The van der Waals surface area contributed by atoms with E-state index in [-0.39, 0.29) is 5.91 Å². The number of nitrogens with zero attached hydrogens (tertiary/aromatic N) is 2. The van der Waals surface area contributed by atoms with Gasteiger partial charge in [-0.05, 0) is 18.2 Å². The first-order valence-corrected chi connectivity index (χ1v) is 6.82. The number of hydrogen-bond acceptors (Lipinski definition) is 3. The summed E-state index contributed by atoms with van der Waals surface area (Å²) in [7, 11) is 1.69. The van der Waals surface area contributed by atoms with Crippen LogP contribution in [-0.4, -0.2) is 17.9 Å². The molecule has 2 aromatic heterocycles. The molecule has 5 heteroatoms. The van der Waals surface area contributed by atoms with Crippen molar-refractivity contribution in [3.8, 4) is 0 Å². The number of anilines is 1. The predicted octanol–water partition coefficient (Wildman–Crippen LogP) is 3.87. The predicted molar refractivity (Wildman–Crippen MR) is 80.9 cm³/mol. The molecule has 0 saturated heterocycles. The third-order valence-electron chi connectivity index (χ3n) is 3.07. The van der Waals surface area contributed by atoms with Gasteiger partial charge in [-0.2, -0.15) is 0 Å². The first kappa shape index (κ1) is 12.9. The molecule has 3 aromatic rings. The molecule has 4 nitrogen and oxygen atoms in total. The summed E-state index contributed by atoms with van der Waals surface area (Å²) in [6.45, 7) is 0. The van der Waals surface area contributed by atoms with E-state index < -0.39 is 0 Å². The van der Waals surface area contributed by atoms with Crippen LogP contribution >= 0.6 is 15.9 Å². The zero-order valence-corrected chi connectivity index (χ0v) is 12.3. The van der Waals surface area contributed by atoms with Crippen LogP contribution in [0.15, 0.2) is 57.7 Å². The molecule has 0 N–H and O–H groups in total. The van der Waals surface area contributed by atoms with E-state index in [1.54, 1.807) is 19.3 Å². The van der Waals surface area contributed by atoms with Gasteiger partial charge in [-0.15, -0.1) is 0 Å². The lowest BCUT2D eigenvalue weighted by Crippen LogP contribution is -2.26. The van der Waals surface area contributed by atoms with Gasteiger partial charge < -0.3 is 4.42 Å². The van der Waals surface area contributed by atoms with E-state index in [9.17, 15) is 4.79 Å². The summed E-state index contributed by atoms with van der Waals surface area (Å²) < 4.78 is 6.28. The fourth-order valence-electron chi connectivity index (χ4n) is 2.01. The lowest BCUT2D eigenvalue weighted by atomic mass is 10.1. The van der Waals surface area contributed by atoms with E-state index in [4.69, 9.17) is 4.42 Å². The Morgan fingerprint density at radius 1 is 1.30 bits per heavy atom. The van der Waals surface area contributed by atoms with Gasteiger partial charge in [0, 0.05) is 23.1 Å². The molecule has 0 aliphatic carbocycles. The summed E-state index contributed by atoms with van der Waals surface area (Å²) in [4.78, 5) is 18.2. The lowest BCUT2D eigenvalue weighted by molar-refractivity contribution is 0.0993. The normalized spacial score (nSPS) is 10.7. The van der Waals surface area contributed by atoms with Crippen LogP contribution < -0.4 is 4.90 Å². The number of amides is 1. The Morgan fingerprint density at radius 3 is 2.90 bits per heavy atom. The molecule has 0 radical (unpaired) electrons. The molecule has 2 heterocycles. The highest BCUT2D eigenvalue weighted by Crippen LogP contribution is 2.24. The van der Waals surface area contributed by atoms with Gasteiger partial charge in [0.05, 0.1) is 5.56 Å². The summed E-state index contributed by atoms with van der Waals surface area (Å²) in [6, 6.07) is 11.1. The van der Waals surface area contributed by atoms with E-state index in [0.29, 0.717) is 17.0 Å². The second kappa shape index (κ2) is 5.09. The summed E-state index contributed by atoms with van der Waals surface area (Å²) >= 11 is 3.37. The number of rotatable bonds is 2. The maximum absolute atomic E-state index is 12.5. The van der Waals surface area contributed by atoms with E-state index in [1.807, 2.05) is 30.3 Å². The van der Waals surface area contributed by atoms with Gasteiger partial charge >= 0.3 is 0 Å². The summed E-state index contributed by atoms with van der Waals surface area (Å²) in [5, 5.41) is 0.805. The number of carbonyl (C=O) groups excluding carboxylic acids is 1. The molecular formula is C15H11BrN2O2.